The molecule has 2 aromatic rings. The second-order valence-electron chi connectivity index (χ2n) is 4.38. The van der Waals surface area contributed by atoms with Gasteiger partial charge in [0, 0.05) is 23.2 Å². The van der Waals surface area contributed by atoms with E-state index in [2.05, 4.69) is 5.32 Å². The fraction of sp³-hybridized carbons (Fsp3) is 0.250. The van der Waals surface area contributed by atoms with Crippen LogP contribution in [0.4, 0.5) is 10.1 Å². The maximum absolute atomic E-state index is 13.3. The van der Waals surface area contributed by atoms with Crippen LogP contribution in [0, 0.1) is 5.82 Å². The first-order valence-corrected chi connectivity index (χ1v) is 7.00. The molecule has 0 saturated carbocycles. The summed E-state index contributed by atoms with van der Waals surface area (Å²) in [5, 5.41) is 3.85. The van der Waals surface area contributed by atoms with Gasteiger partial charge in [-0.15, -0.1) is 0 Å². The molecule has 0 bridgehead atoms. The molecule has 0 fully saturated rings. The first-order valence-electron chi connectivity index (χ1n) is 6.62. The Hall–Kier alpha value is -1.94. The van der Waals surface area contributed by atoms with Gasteiger partial charge in [0.1, 0.15) is 17.3 Å². The molecule has 0 aliphatic heterocycles. The summed E-state index contributed by atoms with van der Waals surface area (Å²) in [5.41, 5.74) is 1.64. The minimum absolute atomic E-state index is 0.329. The van der Waals surface area contributed by atoms with Crippen molar-refractivity contribution >= 4 is 17.3 Å². The Morgan fingerprint density at radius 3 is 2.67 bits per heavy atom. The summed E-state index contributed by atoms with van der Waals surface area (Å²) in [6, 6.07) is 9.82. The molecule has 0 unspecified atom stereocenters. The van der Waals surface area contributed by atoms with Crippen LogP contribution in [0.3, 0.4) is 0 Å². The minimum atomic E-state index is -0.329. The fourth-order valence-corrected chi connectivity index (χ4v) is 2.19. The molecule has 3 nitrogen and oxygen atoms in total. The lowest BCUT2D eigenvalue weighted by molar-refractivity contribution is 0.339. The van der Waals surface area contributed by atoms with Crippen molar-refractivity contribution in [2.24, 2.45) is 0 Å². The van der Waals surface area contributed by atoms with Crippen LogP contribution in [0.15, 0.2) is 36.4 Å². The Morgan fingerprint density at radius 1 is 1.14 bits per heavy atom. The van der Waals surface area contributed by atoms with Gasteiger partial charge < -0.3 is 14.8 Å². The lowest BCUT2D eigenvalue weighted by Crippen LogP contribution is -2.04. The number of methoxy groups -OCH3 is 1. The van der Waals surface area contributed by atoms with Crippen molar-refractivity contribution in [3.63, 3.8) is 0 Å². The van der Waals surface area contributed by atoms with E-state index in [4.69, 9.17) is 21.1 Å². The predicted octanol–water partition coefficient (Wildman–Crippen LogP) is 4.50. The summed E-state index contributed by atoms with van der Waals surface area (Å²) < 4.78 is 24.0. The second-order valence-corrected chi connectivity index (χ2v) is 4.82. The van der Waals surface area contributed by atoms with Crippen molar-refractivity contribution in [3.05, 3.63) is 52.8 Å². The Balaban J connectivity index is 2.18. The molecule has 0 heterocycles. The Bertz CT molecular complexity index is 619. The maximum Gasteiger partial charge on any atom is 0.145 e. The zero-order valence-corrected chi connectivity index (χ0v) is 12.7. The lowest BCUT2D eigenvalue weighted by Gasteiger charge is -2.14. The van der Waals surface area contributed by atoms with Gasteiger partial charge in [-0.05, 0) is 37.3 Å². The number of hydrogen-bond acceptors (Lipinski definition) is 3. The van der Waals surface area contributed by atoms with E-state index in [0.29, 0.717) is 23.9 Å². The third-order valence-electron chi connectivity index (χ3n) is 2.96. The normalized spacial score (nSPS) is 10.3. The van der Waals surface area contributed by atoms with Crippen molar-refractivity contribution in [2.45, 2.75) is 13.5 Å². The van der Waals surface area contributed by atoms with Gasteiger partial charge >= 0.3 is 0 Å². The summed E-state index contributed by atoms with van der Waals surface area (Å²) >= 11 is 6.00. The van der Waals surface area contributed by atoms with E-state index in [-0.39, 0.29) is 5.82 Å². The van der Waals surface area contributed by atoms with E-state index in [1.165, 1.54) is 12.1 Å². The molecule has 1 N–H and O–H groups in total. The number of benzene rings is 2. The van der Waals surface area contributed by atoms with Crippen LogP contribution < -0.4 is 14.8 Å². The number of ether oxygens (including phenoxy) is 2. The average Bonchev–Trinajstić information content (AvgIpc) is 2.47. The summed E-state index contributed by atoms with van der Waals surface area (Å²) in [6.07, 6.45) is 0. The van der Waals surface area contributed by atoms with Crippen LogP contribution in [-0.2, 0) is 6.54 Å². The largest absolute Gasteiger partial charge is 0.496 e. The summed E-state index contributed by atoms with van der Waals surface area (Å²) in [7, 11) is 1.61. The van der Waals surface area contributed by atoms with Crippen molar-refractivity contribution in [1.82, 2.24) is 0 Å². The standard InChI is InChI=1S/C16H17ClFNO2/c1-3-21-16-9-13(18)5-6-14(16)19-10-11-8-12(17)4-7-15(11)20-2/h4-9,19H,3,10H2,1-2H3. The molecular formula is C16H17ClFNO2. The van der Waals surface area contributed by atoms with Gasteiger partial charge in [0.15, 0.2) is 0 Å². The molecule has 112 valence electrons. The summed E-state index contributed by atoms with van der Waals surface area (Å²) in [5.74, 6) is 0.898. The Labute approximate surface area is 128 Å². The maximum atomic E-state index is 13.3. The highest BCUT2D eigenvalue weighted by atomic mass is 35.5. The average molecular weight is 310 g/mol. The van der Waals surface area contributed by atoms with Crippen LogP contribution in [0.1, 0.15) is 12.5 Å². The molecular weight excluding hydrogens is 293 g/mol. The molecule has 0 spiro atoms. The van der Waals surface area contributed by atoms with E-state index in [1.54, 1.807) is 19.2 Å². The van der Waals surface area contributed by atoms with Crippen molar-refractivity contribution in [2.75, 3.05) is 19.0 Å². The van der Waals surface area contributed by atoms with Gasteiger partial charge in [-0.3, -0.25) is 0 Å². The highest BCUT2D eigenvalue weighted by Gasteiger charge is 2.08. The first kappa shape index (κ1) is 15.4. The minimum Gasteiger partial charge on any atom is -0.496 e. The quantitative estimate of drug-likeness (QED) is 0.852. The van der Waals surface area contributed by atoms with Crippen LogP contribution >= 0.6 is 11.6 Å². The lowest BCUT2D eigenvalue weighted by atomic mass is 10.2. The molecule has 21 heavy (non-hydrogen) atoms. The van der Waals surface area contributed by atoms with E-state index < -0.39 is 0 Å². The Kier molecular flexibility index (Phi) is 5.28. The zero-order valence-electron chi connectivity index (χ0n) is 12.0. The number of rotatable bonds is 6. The van der Waals surface area contributed by atoms with Gasteiger partial charge in [-0.25, -0.2) is 4.39 Å². The number of hydrogen-bond donors (Lipinski definition) is 1. The number of halogens is 2. The topological polar surface area (TPSA) is 30.5 Å². The van der Waals surface area contributed by atoms with Gasteiger partial charge in [0.05, 0.1) is 19.4 Å². The van der Waals surface area contributed by atoms with Gasteiger partial charge in [0.25, 0.3) is 0 Å². The van der Waals surface area contributed by atoms with E-state index in [1.807, 2.05) is 19.1 Å². The molecule has 0 saturated heterocycles. The zero-order chi connectivity index (χ0) is 15.2. The third kappa shape index (κ3) is 4.02. The smallest absolute Gasteiger partial charge is 0.145 e. The molecule has 0 amide bonds. The van der Waals surface area contributed by atoms with Gasteiger partial charge in [-0.2, -0.15) is 0 Å². The SMILES string of the molecule is CCOc1cc(F)ccc1NCc1cc(Cl)ccc1OC. The molecule has 5 heteroatoms. The number of nitrogens with one attached hydrogen (secondary N) is 1. The van der Waals surface area contributed by atoms with Crippen LogP contribution in [0.25, 0.3) is 0 Å². The fourth-order valence-electron chi connectivity index (χ4n) is 1.99. The molecule has 2 rings (SSSR count). The molecule has 0 aliphatic rings. The molecule has 0 atom stereocenters. The van der Waals surface area contributed by atoms with E-state index in [9.17, 15) is 4.39 Å². The Morgan fingerprint density at radius 2 is 1.95 bits per heavy atom. The highest BCUT2D eigenvalue weighted by molar-refractivity contribution is 6.30. The third-order valence-corrected chi connectivity index (χ3v) is 3.19. The van der Waals surface area contributed by atoms with Crippen molar-refractivity contribution < 1.29 is 13.9 Å². The van der Waals surface area contributed by atoms with Crippen LogP contribution in [-0.4, -0.2) is 13.7 Å². The van der Waals surface area contributed by atoms with E-state index in [0.717, 1.165) is 17.0 Å². The van der Waals surface area contributed by atoms with Crippen LogP contribution in [0.2, 0.25) is 5.02 Å². The highest BCUT2D eigenvalue weighted by Crippen LogP contribution is 2.28. The van der Waals surface area contributed by atoms with Crippen LogP contribution in [0.5, 0.6) is 11.5 Å². The number of anilines is 1. The van der Waals surface area contributed by atoms with Crippen molar-refractivity contribution in [1.29, 1.82) is 0 Å². The monoisotopic (exact) mass is 309 g/mol. The molecule has 0 aliphatic carbocycles. The summed E-state index contributed by atoms with van der Waals surface area (Å²) in [4.78, 5) is 0. The molecule has 2 aromatic carbocycles. The predicted molar refractivity (Wildman–Crippen MR) is 82.9 cm³/mol. The van der Waals surface area contributed by atoms with Crippen molar-refractivity contribution in [3.8, 4) is 11.5 Å². The molecule has 0 radical (unpaired) electrons. The van der Waals surface area contributed by atoms with Gasteiger partial charge in [-0.1, -0.05) is 11.6 Å². The van der Waals surface area contributed by atoms with Gasteiger partial charge in [0.2, 0.25) is 0 Å². The molecule has 0 aromatic heterocycles. The first-order chi connectivity index (χ1) is 10.1. The summed E-state index contributed by atoms with van der Waals surface area (Å²) in [6.45, 7) is 2.82. The second kappa shape index (κ2) is 7.18. The van der Waals surface area contributed by atoms with E-state index >= 15 is 0 Å².